The number of halogens is 1. The van der Waals surface area contributed by atoms with E-state index in [1.165, 1.54) is 19.4 Å². The largest absolute Gasteiger partial charge is 0.394 e. The Morgan fingerprint density at radius 3 is 2.57 bits per heavy atom. The van der Waals surface area contributed by atoms with E-state index in [-0.39, 0.29) is 36.2 Å². The molecule has 2 aromatic carbocycles. The second-order valence-corrected chi connectivity index (χ2v) is 9.52. The molecule has 0 saturated carbocycles. The predicted octanol–water partition coefficient (Wildman–Crippen LogP) is 2.28. The third-order valence-electron chi connectivity index (χ3n) is 4.91. The van der Waals surface area contributed by atoms with Crippen molar-refractivity contribution in [3.8, 4) is 0 Å². The summed E-state index contributed by atoms with van der Waals surface area (Å²) in [5.74, 6) is -1.22. The number of nitrogens with zero attached hydrogens (tertiary/aromatic N) is 2. The Morgan fingerprint density at radius 1 is 1.20 bits per heavy atom. The summed E-state index contributed by atoms with van der Waals surface area (Å²) in [5.41, 5.74) is 1.10. The molecule has 0 aliphatic carbocycles. The van der Waals surface area contributed by atoms with Gasteiger partial charge in [-0.05, 0) is 23.8 Å². The Labute approximate surface area is 202 Å². The van der Waals surface area contributed by atoms with E-state index in [2.05, 4.69) is 25.9 Å². The number of rotatable bonds is 11. The molecule has 1 aromatic heterocycles. The molecule has 0 aliphatic heterocycles. The molecule has 0 unspecified atom stereocenters. The van der Waals surface area contributed by atoms with Gasteiger partial charge in [0.2, 0.25) is 5.95 Å². The number of sulfone groups is 1. The van der Waals surface area contributed by atoms with Crippen LogP contribution >= 0.6 is 0 Å². The first-order chi connectivity index (χ1) is 16.7. The number of nitrogens with one attached hydrogen (secondary N) is 3. The van der Waals surface area contributed by atoms with Gasteiger partial charge in [0.1, 0.15) is 22.1 Å². The first-order valence-corrected chi connectivity index (χ1v) is 12.4. The van der Waals surface area contributed by atoms with E-state index in [0.717, 1.165) is 24.0 Å². The first-order valence-electron chi connectivity index (χ1n) is 10.6. The molecule has 0 fully saturated rings. The van der Waals surface area contributed by atoms with Gasteiger partial charge in [-0.1, -0.05) is 30.3 Å². The maximum absolute atomic E-state index is 14.3. The van der Waals surface area contributed by atoms with E-state index in [9.17, 15) is 22.7 Å². The summed E-state index contributed by atoms with van der Waals surface area (Å²) < 4.78 is 42.5. The van der Waals surface area contributed by atoms with Crippen molar-refractivity contribution in [2.45, 2.75) is 10.9 Å². The smallest absolute Gasteiger partial charge is 0.256 e. The standard InChI is InChI=1S/C23H26FN5O5S/c1-34-11-10-25-22(31)17-13-26-23(27-16-8-9-20(18(24)12-16)35(2,32)33)29-21(17)28-19(14-30)15-6-4-3-5-7-15/h3-9,12-13,19,30H,10-11,14H2,1-2H3,(H,25,31)(H2,26,27,28,29)/t19-/m1/s1. The van der Waals surface area contributed by atoms with Crippen molar-refractivity contribution in [1.29, 1.82) is 0 Å². The summed E-state index contributed by atoms with van der Waals surface area (Å²) in [6.45, 7) is 0.301. The molecule has 0 bridgehead atoms. The fourth-order valence-electron chi connectivity index (χ4n) is 3.17. The van der Waals surface area contributed by atoms with Crippen LogP contribution in [0.2, 0.25) is 0 Å². The molecule has 3 rings (SSSR count). The van der Waals surface area contributed by atoms with Gasteiger partial charge >= 0.3 is 0 Å². The summed E-state index contributed by atoms with van der Waals surface area (Å²) in [4.78, 5) is 20.8. The Hall–Kier alpha value is -3.61. The van der Waals surface area contributed by atoms with Gasteiger partial charge in [0.15, 0.2) is 9.84 Å². The average Bonchev–Trinajstić information content (AvgIpc) is 2.82. The SMILES string of the molecule is COCCNC(=O)c1cnc(Nc2ccc(S(C)(=O)=O)c(F)c2)nc1N[C@H](CO)c1ccccc1. The summed E-state index contributed by atoms with van der Waals surface area (Å²) in [6, 6.07) is 12.1. The summed E-state index contributed by atoms with van der Waals surface area (Å²) in [6.07, 6.45) is 2.21. The highest BCUT2D eigenvalue weighted by molar-refractivity contribution is 7.90. The normalized spacial score (nSPS) is 12.1. The number of methoxy groups -OCH3 is 1. The number of aliphatic hydroxyl groups excluding tert-OH is 1. The summed E-state index contributed by atoms with van der Waals surface area (Å²) in [5, 5.41) is 18.5. The lowest BCUT2D eigenvalue weighted by Gasteiger charge is -2.20. The number of amides is 1. The summed E-state index contributed by atoms with van der Waals surface area (Å²) >= 11 is 0. The van der Waals surface area contributed by atoms with E-state index in [4.69, 9.17) is 4.74 Å². The van der Waals surface area contributed by atoms with Crippen molar-refractivity contribution >= 4 is 33.2 Å². The number of carbonyl (C=O) groups is 1. The van der Waals surface area contributed by atoms with E-state index in [1.807, 2.05) is 30.3 Å². The second kappa shape index (κ2) is 11.7. The monoisotopic (exact) mass is 503 g/mol. The molecule has 4 N–H and O–H groups in total. The minimum Gasteiger partial charge on any atom is -0.394 e. The zero-order valence-corrected chi connectivity index (χ0v) is 20.0. The third kappa shape index (κ3) is 6.94. The maximum Gasteiger partial charge on any atom is 0.256 e. The van der Waals surface area contributed by atoms with Crippen LogP contribution in [0.5, 0.6) is 0 Å². The molecule has 12 heteroatoms. The van der Waals surface area contributed by atoms with Crippen LogP contribution in [0.3, 0.4) is 0 Å². The van der Waals surface area contributed by atoms with Gasteiger partial charge in [0.05, 0.1) is 19.3 Å². The highest BCUT2D eigenvalue weighted by atomic mass is 32.2. The van der Waals surface area contributed by atoms with Crippen molar-refractivity contribution in [2.24, 2.45) is 0 Å². The zero-order chi connectivity index (χ0) is 25.4. The van der Waals surface area contributed by atoms with E-state index < -0.39 is 32.5 Å². The van der Waals surface area contributed by atoms with Crippen molar-refractivity contribution in [3.63, 3.8) is 0 Å². The lowest BCUT2D eigenvalue weighted by molar-refractivity contribution is 0.0937. The highest BCUT2D eigenvalue weighted by Gasteiger charge is 2.20. The van der Waals surface area contributed by atoms with Gasteiger partial charge in [0, 0.05) is 31.8 Å². The minimum absolute atomic E-state index is 0.0252. The fraction of sp³-hybridized carbons (Fsp3) is 0.261. The van der Waals surface area contributed by atoms with Crippen molar-refractivity contribution in [1.82, 2.24) is 15.3 Å². The lowest BCUT2D eigenvalue weighted by atomic mass is 10.1. The van der Waals surface area contributed by atoms with E-state index in [1.54, 1.807) is 0 Å². The number of ether oxygens (including phenoxy) is 1. The molecule has 1 amide bonds. The van der Waals surface area contributed by atoms with Crippen molar-refractivity contribution in [3.05, 3.63) is 71.7 Å². The second-order valence-electron chi connectivity index (χ2n) is 7.54. The molecule has 0 spiro atoms. The highest BCUT2D eigenvalue weighted by Crippen LogP contribution is 2.24. The van der Waals surface area contributed by atoms with Crippen LogP contribution in [0.4, 0.5) is 21.8 Å². The molecule has 10 nitrogen and oxygen atoms in total. The first kappa shape index (κ1) is 26.0. The van der Waals surface area contributed by atoms with Crippen LogP contribution in [0.15, 0.2) is 59.6 Å². The lowest BCUT2D eigenvalue weighted by Crippen LogP contribution is -2.29. The maximum atomic E-state index is 14.3. The number of anilines is 3. The third-order valence-corrected chi connectivity index (χ3v) is 6.04. The van der Waals surface area contributed by atoms with Gasteiger partial charge in [-0.3, -0.25) is 4.79 Å². The molecule has 1 heterocycles. The van der Waals surface area contributed by atoms with Gasteiger partial charge in [0.25, 0.3) is 5.91 Å². The number of benzene rings is 2. The topological polar surface area (TPSA) is 143 Å². The molecule has 3 aromatic rings. The van der Waals surface area contributed by atoms with E-state index >= 15 is 0 Å². The van der Waals surface area contributed by atoms with Crippen LogP contribution in [-0.4, -0.2) is 62.5 Å². The molecular formula is C23H26FN5O5S. The van der Waals surface area contributed by atoms with Crippen molar-refractivity contribution < 1.29 is 27.4 Å². The van der Waals surface area contributed by atoms with Crippen LogP contribution in [0, 0.1) is 5.82 Å². The molecule has 0 aliphatic rings. The molecule has 0 radical (unpaired) electrons. The zero-order valence-electron chi connectivity index (χ0n) is 19.2. The molecule has 1 atom stereocenters. The number of carbonyl (C=O) groups excluding carboxylic acids is 1. The fourth-order valence-corrected chi connectivity index (χ4v) is 3.90. The van der Waals surface area contributed by atoms with Crippen LogP contribution in [0.1, 0.15) is 22.0 Å². The number of aliphatic hydroxyl groups is 1. The molecule has 35 heavy (non-hydrogen) atoms. The number of aromatic nitrogens is 2. The Kier molecular flexibility index (Phi) is 8.68. The Bertz CT molecular complexity index is 1270. The molecule has 0 saturated heterocycles. The van der Waals surface area contributed by atoms with Gasteiger partial charge in [-0.25, -0.2) is 17.8 Å². The van der Waals surface area contributed by atoms with Crippen LogP contribution in [0.25, 0.3) is 0 Å². The predicted molar refractivity (Wildman–Crippen MR) is 129 cm³/mol. The Balaban J connectivity index is 1.92. The van der Waals surface area contributed by atoms with Crippen LogP contribution in [-0.2, 0) is 14.6 Å². The Morgan fingerprint density at radius 2 is 1.94 bits per heavy atom. The van der Waals surface area contributed by atoms with E-state index in [0.29, 0.717) is 6.61 Å². The average molecular weight is 504 g/mol. The quantitative estimate of drug-likeness (QED) is 0.290. The summed E-state index contributed by atoms with van der Waals surface area (Å²) in [7, 11) is -2.20. The molecular weight excluding hydrogens is 477 g/mol. The van der Waals surface area contributed by atoms with Gasteiger partial charge in [-0.2, -0.15) is 4.98 Å². The van der Waals surface area contributed by atoms with Gasteiger partial charge in [-0.15, -0.1) is 0 Å². The van der Waals surface area contributed by atoms with Gasteiger partial charge < -0.3 is 25.8 Å². The van der Waals surface area contributed by atoms with Crippen molar-refractivity contribution in [2.75, 3.05) is 43.8 Å². The van der Waals surface area contributed by atoms with Crippen LogP contribution < -0.4 is 16.0 Å². The number of hydrogen-bond acceptors (Lipinski definition) is 9. The number of hydrogen-bond donors (Lipinski definition) is 4. The minimum atomic E-state index is -3.72. The molecule has 186 valence electrons.